The van der Waals surface area contributed by atoms with Gasteiger partial charge >= 0.3 is 5.97 Å². The van der Waals surface area contributed by atoms with Gasteiger partial charge in [0.25, 0.3) is 0 Å². The highest BCUT2D eigenvalue weighted by Crippen LogP contribution is 2.11. The van der Waals surface area contributed by atoms with Crippen molar-refractivity contribution in [2.45, 2.75) is 25.1 Å². The lowest BCUT2D eigenvalue weighted by molar-refractivity contribution is -0.143. The lowest BCUT2D eigenvalue weighted by Gasteiger charge is -2.08. The van der Waals surface area contributed by atoms with Gasteiger partial charge in [-0.3, -0.25) is 4.79 Å². The van der Waals surface area contributed by atoms with Gasteiger partial charge in [-0.05, 0) is 18.9 Å². The van der Waals surface area contributed by atoms with Crippen LogP contribution in [-0.2, 0) is 16.0 Å². The fourth-order valence-corrected chi connectivity index (χ4v) is 1.65. The predicted octanol–water partition coefficient (Wildman–Crippen LogP) is 2.79. The molecule has 0 aromatic heterocycles. The van der Waals surface area contributed by atoms with Crippen LogP contribution in [0.4, 0.5) is 0 Å². The van der Waals surface area contributed by atoms with Gasteiger partial charge in [0, 0.05) is 5.38 Å². The molecule has 0 spiro atoms. The van der Waals surface area contributed by atoms with E-state index in [2.05, 4.69) is 0 Å². The highest BCUT2D eigenvalue weighted by Gasteiger charge is 2.12. The summed E-state index contributed by atoms with van der Waals surface area (Å²) < 4.78 is 4.83. The molecule has 1 aromatic rings. The monoisotopic (exact) mass is 226 g/mol. The molecule has 0 heterocycles. The van der Waals surface area contributed by atoms with Crippen molar-refractivity contribution < 1.29 is 9.53 Å². The molecule has 0 aliphatic carbocycles. The largest absolute Gasteiger partial charge is 0.466 e. The Morgan fingerprint density at radius 3 is 2.67 bits per heavy atom. The molecule has 0 aliphatic heterocycles. The van der Waals surface area contributed by atoms with Crippen molar-refractivity contribution in [2.75, 3.05) is 6.61 Å². The summed E-state index contributed by atoms with van der Waals surface area (Å²) in [5.74, 6) is -0.228. The Hall–Kier alpha value is -1.02. The molecule has 0 fully saturated rings. The van der Waals surface area contributed by atoms with E-state index in [1.54, 1.807) is 6.92 Å². The fourth-order valence-electron chi connectivity index (χ4n) is 1.34. The summed E-state index contributed by atoms with van der Waals surface area (Å²) in [5, 5.41) is -0.188. The van der Waals surface area contributed by atoms with Gasteiger partial charge in [0.05, 0.1) is 13.0 Å². The third kappa shape index (κ3) is 4.84. The zero-order chi connectivity index (χ0) is 11.1. The fraction of sp³-hybridized carbons (Fsp3) is 0.417. The summed E-state index contributed by atoms with van der Waals surface area (Å²) >= 11 is 6.05. The molecule has 1 atom stereocenters. The molecule has 15 heavy (non-hydrogen) atoms. The Bertz CT molecular complexity index is 298. The van der Waals surface area contributed by atoms with Crippen LogP contribution < -0.4 is 0 Å². The topological polar surface area (TPSA) is 26.3 Å². The molecule has 2 nitrogen and oxygen atoms in total. The van der Waals surface area contributed by atoms with Gasteiger partial charge in [-0.1, -0.05) is 30.3 Å². The lowest BCUT2D eigenvalue weighted by atomic mass is 10.1. The molecule has 1 unspecified atom stereocenters. The standard InChI is InChI=1S/C12H15ClO2/c1-2-15-12(14)9-11(13)8-10-6-4-3-5-7-10/h3-7,11H,2,8-9H2,1H3. The minimum atomic E-state index is -0.228. The van der Waals surface area contributed by atoms with Gasteiger partial charge in [-0.25, -0.2) is 0 Å². The Morgan fingerprint density at radius 2 is 2.07 bits per heavy atom. The molecule has 0 N–H and O–H groups in total. The van der Waals surface area contributed by atoms with Gasteiger partial charge in [-0.15, -0.1) is 11.6 Å². The van der Waals surface area contributed by atoms with E-state index in [0.717, 1.165) is 5.56 Å². The number of carbonyl (C=O) groups is 1. The molecule has 1 rings (SSSR count). The van der Waals surface area contributed by atoms with Gasteiger partial charge in [0.2, 0.25) is 0 Å². The van der Waals surface area contributed by atoms with Gasteiger partial charge in [0.15, 0.2) is 0 Å². The van der Waals surface area contributed by atoms with Crippen molar-refractivity contribution in [3.8, 4) is 0 Å². The van der Waals surface area contributed by atoms with Crippen LogP contribution >= 0.6 is 11.6 Å². The van der Waals surface area contributed by atoms with E-state index in [9.17, 15) is 4.79 Å². The smallest absolute Gasteiger partial charge is 0.307 e. The Balaban J connectivity index is 2.36. The molecule has 0 aliphatic rings. The number of carbonyl (C=O) groups excluding carboxylic acids is 1. The summed E-state index contributed by atoms with van der Waals surface area (Å²) in [7, 11) is 0. The Labute approximate surface area is 95.2 Å². The summed E-state index contributed by atoms with van der Waals surface area (Å²) in [5.41, 5.74) is 1.14. The first-order valence-electron chi connectivity index (χ1n) is 5.06. The molecule has 0 saturated carbocycles. The Morgan fingerprint density at radius 1 is 1.40 bits per heavy atom. The third-order valence-electron chi connectivity index (χ3n) is 1.99. The van der Waals surface area contributed by atoms with Gasteiger partial charge in [-0.2, -0.15) is 0 Å². The van der Waals surface area contributed by atoms with Crippen molar-refractivity contribution in [2.24, 2.45) is 0 Å². The van der Waals surface area contributed by atoms with Crippen molar-refractivity contribution in [3.05, 3.63) is 35.9 Å². The van der Waals surface area contributed by atoms with Crippen LogP contribution in [0.2, 0.25) is 0 Å². The minimum Gasteiger partial charge on any atom is -0.466 e. The average molecular weight is 227 g/mol. The van der Waals surface area contributed by atoms with Crippen LogP contribution in [-0.4, -0.2) is 18.0 Å². The maximum Gasteiger partial charge on any atom is 0.307 e. The van der Waals surface area contributed by atoms with Crippen LogP contribution in [0.5, 0.6) is 0 Å². The van der Waals surface area contributed by atoms with E-state index in [1.165, 1.54) is 0 Å². The number of ether oxygens (including phenoxy) is 1. The molecular formula is C12H15ClO2. The summed E-state index contributed by atoms with van der Waals surface area (Å²) in [6.07, 6.45) is 0.964. The second-order valence-electron chi connectivity index (χ2n) is 3.30. The van der Waals surface area contributed by atoms with E-state index in [4.69, 9.17) is 16.3 Å². The maximum atomic E-state index is 11.1. The van der Waals surface area contributed by atoms with Crippen molar-refractivity contribution in [1.29, 1.82) is 0 Å². The molecule has 0 saturated heterocycles. The van der Waals surface area contributed by atoms with Crippen LogP contribution in [0.25, 0.3) is 0 Å². The quantitative estimate of drug-likeness (QED) is 0.570. The van der Waals surface area contributed by atoms with E-state index in [0.29, 0.717) is 13.0 Å². The van der Waals surface area contributed by atoms with Crippen LogP contribution in [0.3, 0.4) is 0 Å². The highest BCUT2D eigenvalue weighted by atomic mass is 35.5. The van der Waals surface area contributed by atoms with Crippen LogP contribution in [0.15, 0.2) is 30.3 Å². The van der Waals surface area contributed by atoms with Crippen molar-refractivity contribution in [3.63, 3.8) is 0 Å². The zero-order valence-electron chi connectivity index (χ0n) is 8.78. The second-order valence-corrected chi connectivity index (χ2v) is 3.91. The predicted molar refractivity (Wildman–Crippen MR) is 61.0 cm³/mol. The van der Waals surface area contributed by atoms with Gasteiger partial charge in [0.1, 0.15) is 0 Å². The zero-order valence-corrected chi connectivity index (χ0v) is 9.54. The number of hydrogen-bond donors (Lipinski definition) is 0. The molecule has 1 aromatic carbocycles. The number of halogens is 1. The van der Waals surface area contributed by atoms with E-state index in [-0.39, 0.29) is 17.8 Å². The van der Waals surface area contributed by atoms with E-state index in [1.807, 2.05) is 30.3 Å². The van der Waals surface area contributed by atoms with Crippen molar-refractivity contribution >= 4 is 17.6 Å². The van der Waals surface area contributed by atoms with E-state index < -0.39 is 0 Å². The normalized spacial score (nSPS) is 12.1. The van der Waals surface area contributed by atoms with Crippen LogP contribution in [0.1, 0.15) is 18.9 Å². The molecular weight excluding hydrogens is 212 g/mol. The first kappa shape index (κ1) is 12.1. The summed E-state index contributed by atoms with van der Waals surface area (Å²) in [4.78, 5) is 11.1. The number of esters is 1. The molecule has 0 amide bonds. The lowest BCUT2D eigenvalue weighted by Crippen LogP contribution is -2.13. The van der Waals surface area contributed by atoms with Crippen LogP contribution in [0, 0.1) is 0 Å². The number of rotatable bonds is 5. The van der Waals surface area contributed by atoms with Gasteiger partial charge < -0.3 is 4.74 Å². The molecule has 3 heteroatoms. The minimum absolute atomic E-state index is 0.188. The Kier molecular flexibility index (Phi) is 5.19. The molecule has 0 radical (unpaired) electrons. The summed E-state index contributed by atoms with van der Waals surface area (Å²) in [6, 6.07) is 9.88. The van der Waals surface area contributed by atoms with E-state index >= 15 is 0 Å². The first-order chi connectivity index (χ1) is 7.22. The third-order valence-corrected chi connectivity index (χ3v) is 2.30. The maximum absolute atomic E-state index is 11.1. The number of benzene rings is 1. The van der Waals surface area contributed by atoms with Crippen molar-refractivity contribution in [1.82, 2.24) is 0 Å². The first-order valence-corrected chi connectivity index (χ1v) is 5.49. The molecule has 82 valence electrons. The average Bonchev–Trinajstić information content (AvgIpc) is 2.19. The summed E-state index contributed by atoms with van der Waals surface area (Å²) in [6.45, 7) is 2.20. The molecule has 0 bridgehead atoms. The second kappa shape index (κ2) is 6.46. The highest BCUT2D eigenvalue weighted by molar-refractivity contribution is 6.21. The number of hydrogen-bond acceptors (Lipinski definition) is 2. The SMILES string of the molecule is CCOC(=O)CC(Cl)Cc1ccccc1. The number of alkyl halides is 1.